The summed E-state index contributed by atoms with van der Waals surface area (Å²) in [6, 6.07) is 11.8. The molecule has 0 saturated heterocycles. The summed E-state index contributed by atoms with van der Waals surface area (Å²) >= 11 is 1.44. The maximum absolute atomic E-state index is 10.7. The summed E-state index contributed by atoms with van der Waals surface area (Å²) < 4.78 is 10.5. The molecule has 0 saturated carbocycles. The first-order valence-corrected chi connectivity index (χ1v) is 8.18. The highest BCUT2D eigenvalue weighted by Crippen LogP contribution is 2.33. The van der Waals surface area contributed by atoms with E-state index in [1.165, 1.54) is 23.5 Å². The number of nitrogens with one attached hydrogen (secondary N) is 1. The van der Waals surface area contributed by atoms with Crippen molar-refractivity contribution in [3.8, 4) is 22.8 Å². The first-order chi connectivity index (χ1) is 12.1. The molecule has 25 heavy (non-hydrogen) atoms. The fourth-order valence-corrected chi connectivity index (χ4v) is 2.99. The quantitative estimate of drug-likeness (QED) is 0.517. The van der Waals surface area contributed by atoms with Crippen molar-refractivity contribution in [2.45, 2.75) is 0 Å². The van der Waals surface area contributed by atoms with Crippen molar-refractivity contribution in [1.29, 1.82) is 0 Å². The third-order valence-electron chi connectivity index (χ3n) is 3.51. The number of benzene rings is 2. The molecule has 0 unspecified atom stereocenters. The fraction of sp³-hybridized carbons (Fsp3) is 0.118. The zero-order chi connectivity index (χ0) is 17.8. The van der Waals surface area contributed by atoms with E-state index >= 15 is 0 Å². The molecule has 0 aliphatic heterocycles. The average molecular weight is 357 g/mol. The minimum atomic E-state index is -0.422. The molecule has 3 aromatic rings. The van der Waals surface area contributed by atoms with Crippen LogP contribution in [0.5, 0.6) is 11.5 Å². The molecule has 0 amide bonds. The van der Waals surface area contributed by atoms with Crippen molar-refractivity contribution in [1.82, 2.24) is 4.98 Å². The van der Waals surface area contributed by atoms with Gasteiger partial charge in [0.1, 0.15) is 0 Å². The van der Waals surface area contributed by atoms with Crippen LogP contribution in [0.1, 0.15) is 0 Å². The van der Waals surface area contributed by atoms with Gasteiger partial charge in [-0.25, -0.2) is 4.98 Å². The lowest BCUT2D eigenvalue weighted by Crippen LogP contribution is -1.94. The van der Waals surface area contributed by atoms with Crippen LogP contribution in [-0.4, -0.2) is 24.1 Å². The molecular formula is C17H15N3O4S. The number of aromatic nitrogens is 1. The minimum absolute atomic E-state index is 0.0580. The van der Waals surface area contributed by atoms with Crippen molar-refractivity contribution < 1.29 is 14.4 Å². The SMILES string of the molecule is COc1ccc(Nc2nc(-c3ccc([N+](=O)[O-])cc3)cs2)cc1OC. The maximum atomic E-state index is 10.7. The van der Waals surface area contributed by atoms with Crippen LogP contribution in [-0.2, 0) is 0 Å². The Hall–Kier alpha value is -3.13. The lowest BCUT2D eigenvalue weighted by molar-refractivity contribution is -0.384. The Labute approximate surface area is 148 Å². The summed E-state index contributed by atoms with van der Waals surface area (Å²) in [5.74, 6) is 1.28. The Morgan fingerprint density at radius 2 is 1.80 bits per heavy atom. The first kappa shape index (κ1) is 16.7. The molecule has 2 aromatic carbocycles. The van der Waals surface area contributed by atoms with Crippen LogP contribution in [0.15, 0.2) is 47.8 Å². The second-order valence-electron chi connectivity index (χ2n) is 5.04. The Morgan fingerprint density at radius 3 is 2.44 bits per heavy atom. The molecule has 1 heterocycles. The maximum Gasteiger partial charge on any atom is 0.269 e. The molecule has 0 aliphatic rings. The van der Waals surface area contributed by atoms with Crippen molar-refractivity contribution >= 4 is 27.8 Å². The molecule has 0 spiro atoms. The molecule has 1 aromatic heterocycles. The monoisotopic (exact) mass is 357 g/mol. The first-order valence-electron chi connectivity index (χ1n) is 7.30. The Morgan fingerprint density at radius 1 is 1.08 bits per heavy atom. The second kappa shape index (κ2) is 7.18. The molecule has 3 rings (SSSR count). The average Bonchev–Trinajstić information content (AvgIpc) is 3.10. The van der Waals surface area contributed by atoms with E-state index in [1.54, 1.807) is 26.4 Å². The fourth-order valence-electron chi connectivity index (χ4n) is 2.26. The van der Waals surface area contributed by atoms with Gasteiger partial charge in [0.15, 0.2) is 16.6 Å². The minimum Gasteiger partial charge on any atom is -0.493 e. The van der Waals surface area contributed by atoms with Gasteiger partial charge in [-0.15, -0.1) is 11.3 Å². The lowest BCUT2D eigenvalue weighted by Gasteiger charge is -2.09. The van der Waals surface area contributed by atoms with E-state index in [-0.39, 0.29) is 5.69 Å². The zero-order valence-corrected chi connectivity index (χ0v) is 14.4. The van der Waals surface area contributed by atoms with Gasteiger partial charge in [0.25, 0.3) is 5.69 Å². The number of nitro benzene ring substituents is 1. The van der Waals surface area contributed by atoms with Crippen molar-refractivity contribution in [3.05, 3.63) is 58.0 Å². The number of nitrogens with zero attached hydrogens (tertiary/aromatic N) is 2. The number of hydrogen-bond donors (Lipinski definition) is 1. The van der Waals surface area contributed by atoms with E-state index in [9.17, 15) is 10.1 Å². The Kier molecular flexibility index (Phi) is 4.80. The molecule has 1 N–H and O–H groups in total. The van der Waals surface area contributed by atoms with Crippen LogP contribution in [0.4, 0.5) is 16.5 Å². The predicted octanol–water partition coefficient (Wildman–Crippen LogP) is 4.48. The highest BCUT2D eigenvalue weighted by Gasteiger charge is 2.10. The van der Waals surface area contributed by atoms with E-state index in [4.69, 9.17) is 9.47 Å². The topological polar surface area (TPSA) is 86.5 Å². The number of non-ortho nitro benzene ring substituents is 1. The normalized spacial score (nSPS) is 10.3. The van der Waals surface area contributed by atoms with Crippen LogP contribution in [0.25, 0.3) is 11.3 Å². The number of thiazole rings is 1. The second-order valence-corrected chi connectivity index (χ2v) is 5.89. The van der Waals surface area contributed by atoms with Gasteiger partial charge < -0.3 is 14.8 Å². The lowest BCUT2D eigenvalue weighted by atomic mass is 10.1. The molecule has 128 valence electrons. The highest BCUT2D eigenvalue weighted by atomic mass is 32.1. The standard InChI is InChI=1S/C17H15N3O4S/c1-23-15-8-5-12(9-16(15)24-2)18-17-19-14(10-25-17)11-3-6-13(7-4-11)20(21)22/h3-10H,1-2H3,(H,18,19). The van der Waals surface area contributed by atoms with E-state index < -0.39 is 4.92 Å². The van der Waals surface area contributed by atoms with E-state index in [0.717, 1.165) is 16.9 Å². The molecule has 0 fully saturated rings. The molecule has 0 bridgehead atoms. The van der Waals surface area contributed by atoms with Gasteiger partial charge in [-0.2, -0.15) is 0 Å². The number of nitro groups is 1. The van der Waals surface area contributed by atoms with Crippen LogP contribution in [0.2, 0.25) is 0 Å². The zero-order valence-electron chi connectivity index (χ0n) is 13.6. The molecule has 7 nitrogen and oxygen atoms in total. The van der Waals surface area contributed by atoms with Crippen LogP contribution in [0.3, 0.4) is 0 Å². The van der Waals surface area contributed by atoms with Gasteiger partial charge in [0.2, 0.25) is 0 Å². The summed E-state index contributed by atoms with van der Waals surface area (Å²) in [5, 5.41) is 16.5. The number of methoxy groups -OCH3 is 2. The van der Waals surface area contributed by atoms with Crippen molar-refractivity contribution in [3.63, 3.8) is 0 Å². The van der Waals surface area contributed by atoms with Crippen LogP contribution >= 0.6 is 11.3 Å². The van der Waals surface area contributed by atoms with Gasteiger partial charge in [0, 0.05) is 34.8 Å². The summed E-state index contributed by atoms with van der Waals surface area (Å²) in [6.07, 6.45) is 0. The number of rotatable bonds is 6. The van der Waals surface area contributed by atoms with E-state index in [1.807, 2.05) is 23.6 Å². The van der Waals surface area contributed by atoms with Crippen molar-refractivity contribution in [2.75, 3.05) is 19.5 Å². The van der Waals surface area contributed by atoms with Gasteiger partial charge in [-0.05, 0) is 24.3 Å². The number of anilines is 2. The van der Waals surface area contributed by atoms with Gasteiger partial charge in [0.05, 0.1) is 24.8 Å². The van der Waals surface area contributed by atoms with E-state index in [2.05, 4.69) is 10.3 Å². The summed E-state index contributed by atoms with van der Waals surface area (Å²) in [6.45, 7) is 0. The predicted molar refractivity (Wildman–Crippen MR) is 97.0 cm³/mol. The molecule has 8 heteroatoms. The van der Waals surface area contributed by atoms with Gasteiger partial charge in [-0.1, -0.05) is 0 Å². The molecule has 0 radical (unpaired) electrons. The van der Waals surface area contributed by atoms with Crippen LogP contribution < -0.4 is 14.8 Å². The summed E-state index contributed by atoms with van der Waals surface area (Å²) in [5.41, 5.74) is 2.45. The smallest absolute Gasteiger partial charge is 0.269 e. The summed E-state index contributed by atoms with van der Waals surface area (Å²) in [7, 11) is 3.17. The largest absolute Gasteiger partial charge is 0.493 e. The number of hydrogen-bond acceptors (Lipinski definition) is 7. The molecular weight excluding hydrogens is 342 g/mol. The number of ether oxygens (including phenoxy) is 2. The van der Waals surface area contributed by atoms with Crippen LogP contribution in [0, 0.1) is 10.1 Å². The van der Waals surface area contributed by atoms with Gasteiger partial charge in [-0.3, -0.25) is 10.1 Å². The van der Waals surface area contributed by atoms with Crippen molar-refractivity contribution in [2.24, 2.45) is 0 Å². The van der Waals surface area contributed by atoms with Gasteiger partial charge >= 0.3 is 0 Å². The highest BCUT2D eigenvalue weighted by molar-refractivity contribution is 7.14. The Bertz CT molecular complexity index is 893. The van der Waals surface area contributed by atoms with E-state index in [0.29, 0.717) is 16.6 Å². The Balaban J connectivity index is 1.78. The molecule has 0 atom stereocenters. The summed E-state index contributed by atoms with van der Waals surface area (Å²) in [4.78, 5) is 14.8. The third kappa shape index (κ3) is 3.69. The molecule has 0 aliphatic carbocycles. The third-order valence-corrected chi connectivity index (χ3v) is 4.27.